The van der Waals surface area contributed by atoms with E-state index in [4.69, 9.17) is 23.2 Å². The number of nitrogens with zero attached hydrogens (tertiary/aromatic N) is 3. The molecule has 0 saturated heterocycles. The lowest BCUT2D eigenvalue weighted by Crippen LogP contribution is -2.14. The molecule has 0 unspecified atom stereocenters. The van der Waals surface area contributed by atoms with Crippen molar-refractivity contribution in [2.75, 3.05) is 11.1 Å². The molecule has 0 radical (unpaired) electrons. The number of thioether (sulfide) groups is 2. The normalized spacial score (nSPS) is 10.8. The van der Waals surface area contributed by atoms with Crippen molar-refractivity contribution >= 4 is 58.3 Å². The Kier molecular flexibility index (Phi) is 7.67. The molecule has 0 fully saturated rings. The minimum absolute atomic E-state index is 0.103. The van der Waals surface area contributed by atoms with Gasteiger partial charge in [0.05, 0.1) is 11.5 Å². The largest absolute Gasteiger partial charge is 0.325 e. The maximum absolute atomic E-state index is 12.1. The highest BCUT2D eigenvalue weighted by Gasteiger charge is 2.12. The summed E-state index contributed by atoms with van der Waals surface area (Å²) < 4.78 is 1.93. The number of hydrogen-bond acceptors (Lipinski definition) is 5. The van der Waals surface area contributed by atoms with E-state index in [1.807, 2.05) is 35.9 Å². The molecular weight excluding hydrogens is 435 g/mol. The second kappa shape index (κ2) is 10.2. The maximum Gasteiger partial charge on any atom is 0.234 e. The summed E-state index contributed by atoms with van der Waals surface area (Å²) in [4.78, 5) is 12.1. The molecule has 5 nitrogen and oxygen atoms in total. The molecule has 0 aliphatic rings. The number of halogens is 2. The van der Waals surface area contributed by atoms with Crippen LogP contribution < -0.4 is 5.32 Å². The summed E-state index contributed by atoms with van der Waals surface area (Å²) in [6.45, 7) is 0. The van der Waals surface area contributed by atoms with Crippen LogP contribution in [0.1, 0.15) is 11.4 Å². The van der Waals surface area contributed by atoms with E-state index in [-0.39, 0.29) is 11.7 Å². The number of nitrogens with one attached hydrogen (secondary N) is 1. The summed E-state index contributed by atoms with van der Waals surface area (Å²) in [5.41, 5.74) is 1.93. The number of amides is 1. The van der Waals surface area contributed by atoms with Gasteiger partial charge in [-0.25, -0.2) is 0 Å². The number of carbonyl (C=O) groups is 1. The highest BCUT2D eigenvalue weighted by Crippen LogP contribution is 2.22. The fourth-order valence-electron chi connectivity index (χ4n) is 2.30. The summed E-state index contributed by atoms with van der Waals surface area (Å²) in [6.07, 6.45) is 0. The zero-order chi connectivity index (χ0) is 19.9. The SMILES string of the molecule is Cn1c(CSCc2ccc(Cl)cc2)nnc1SCC(=O)Nc1ccc(Cl)cc1. The Hall–Kier alpha value is -1.67. The average molecular weight is 453 g/mol. The Morgan fingerprint density at radius 2 is 1.64 bits per heavy atom. The van der Waals surface area contributed by atoms with Crippen molar-refractivity contribution in [3.8, 4) is 0 Å². The van der Waals surface area contributed by atoms with E-state index >= 15 is 0 Å². The van der Waals surface area contributed by atoms with Crippen molar-refractivity contribution in [2.24, 2.45) is 7.05 Å². The summed E-state index contributed by atoms with van der Waals surface area (Å²) in [5.74, 6) is 2.64. The molecule has 146 valence electrons. The highest BCUT2D eigenvalue weighted by atomic mass is 35.5. The Labute approximate surface area is 182 Å². The van der Waals surface area contributed by atoms with Gasteiger partial charge in [-0.05, 0) is 42.0 Å². The first-order chi connectivity index (χ1) is 13.5. The third-order valence-corrected chi connectivity index (χ3v) is 6.32. The van der Waals surface area contributed by atoms with Crippen LogP contribution in [-0.2, 0) is 23.3 Å². The molecule has 1 heterocycles. The molecule has 0 saturated carbocycles. The number of anilines is 1. The van der Waals surface area contributed by atoms with Crippen LogP contribution in [0.25, 0.3) is 0 Å². The van der Waals surface area contributed by atoms with E-state index in [9.17, 15) is 4.79 Å². The molecule has 2 aromatic carbocycles. The van der Waals surface area contributed by atoms with Gasteiger partial charge in [-0.15, -0.1) is 22.0 Å². The molecular formula is C19H18Cl2N4OS2. The number of hydrogen-bond donors (Lipinski definition) is 1. The Morgan fingerprint density at radius 1 is 1.00 bits per heavy atom. The van der Waals surface area contributed by atoms with E-state index in [1.165, 1.54) is 17.3 Å². The predicted octanol–water partition coefficient (Wildman–Crippen LogP) is 5.29. The minimum atomic E-state index is -0.103. The smallest absolute Gasteiger partial charge is 0.234 e. The van der Waals surface area contributed by atoms with Crippen molar-refractivity contribution < 1.29 is 4.79 Å². The topological polar surface area (TPSA) is 59.8 Å². The number of benzene rings is 2. The van der Waals surface area contributed by atoms with Crippen LogP contribution in [0.2, 0.25) is 10.0 Å². The lowest BCUT2D eigenvalue weighted by molar-refractivity contribution is -0.113. The van der Waals surface area contributed by atoms with Gasteiger partial charge in [-0.1, -0.05) is 47.1 Å². The molecule has 0 bridgehead atoms. The number of aromatic nitrogens is 3. The molecule has 1 aromatic heterocycles. The minimum Gasteiger partial charge on any atom is -0.325 e. The molecule has 3 rings (SSSR count). The second-order valence-corrected chi connectivity index (χ2v) is 8.72. The van der Waals surface area contributed by atoms with E-state index < -0.39 is 0 Å². The van der Waals surface area contributed by atoms with Gasteiger partial charge in [0.25, 0.3) is 0 Å². The molecule has 9 heteroatoms. The predicted molar refractivity (Wildman–Crippen MR) is 118 cm³/mol. The number of rotatable bonds is 8. The first kappa shape index (κ1) is 21.0. The molecule has 0 aliphatic carbocycles. The molecule has 0 spiro atoms. The Balaban J connectivity index is 1.46. The van der Waals surface area contributed by atoms with Crippen LogP contribution >= 0.6 is 46.7 Å². The fourth-order valence-corrected chi connectivity index (χ4v) is 4.24. The Bertz CT molecular complexity index is 930. The van der Waals surface area contributed by atoms with Crippen LogP contribution in [0, 0.1) is 0 Å². The average Bonchev–Trinajstić information content (AvgIpc) is 3.03. The van der Waals surface area contributed by atoms with Crippen LogP contribution in [0.4, 0.5) is 5.69 Å². The van der Waals surface area contributed by atoms with Crippen LogP contribution in [0.3, 0.4) is 0 Å². The van der Waals surface area contributed by atoms with Crippen LogP contribution in [0.15, 0.2) is 53.7 Å². The standard InChI is InChI=1S/C19H18Cl2N4OS2/c1-25-17(11-27-10-13-2-4-14(20)5-3-13)23-24-19(25)28-12-18(26)22-16-8-6-15(21)7-9-16/h2-9H,10-12H2,1H3,(H,22,26). The van der Waals surface area contributed by atoms with Crippen molar-refractivity contribution in [1.29, 1.82) is 0 Å². The third kappa shape index (κ3) is 6.17. The van der Waals surface area contributed by atoms with Crippen LogP contribution in [0.5, 0.6) is 0 Å². The third-order valence-electron chi connectivity index (χ3n) is 3.80. The lowest BCUT2D eigenvalue weighted by atomic mass is 10.2. The van der Waals surface area contributed by atoms with E-state index in [1.54, 1.807) is 36.0 Å². The second-order valence-electron chi connectivity index (χ2n) is 5.92. The van der Waals surface area contributed by atoms with E-state index in [0.717, 1.165) is 22.4 Å². The zero-order valence-electron chi connectivity index (χ0n) is 15.1. The van der Waals surface area contributed by atoms with Crippen LogP contribution in [-0.4, -0.2) is 26.4 Å². The summed E-state index contributed by atoms with van der Waals surface area (Å²) in [5, 5.41) is 13.3. The van der Waals surface area contributed by atoms with E-state index in [2.05, 4.69) is 15.5 Å². The molecule has 3 aromatic rings. The van der Waals surface area contributed by atoms with Gasteiger partial charge in [-0.2, -0.15) is 0 Å². The first-order valence-corrected chi connectivity index (χ1v) is 11.3. The van der Waals surface area contributed by atoms with Gasteiger partial charge in [0.2, 0.25) is 5.91 Å². The van der Waals surface area contributed by atoms with Crippen molar-refractivity contribution in [2.45, 2.75) is 16.7 Å². The molecule has 28 heavy (non-hydrogen) atoms. The Morgan fingerprint density at radius 3 is 2.32 bits per heavy atom. The molecule has 0 aliphatic heterocycles. The van der Waals surface area contributed by atoms with Crippen molar-refractivity contribution in [3.63, 3.8) is 0 Å². The monoisotopic (exact) mass is 452 g/mol. The van der Waals surface area contributed by atoms with Gasteiger partial charge in [-0.3, -0.25) is 4.79 Å². The fraction of sp³-hybridized carbons (Fsp3) is 0.211. The highest BCUT2D eigenvalue weighted by molar-refractivity contribution is 7.99. The first-order valence-electron chi connectivity index (χ1n) is 8.40. The summed E-state index contributed by atoms with van der Waals surface area (Å²) in [6, 6.07) is 14.8. The maximum atomic E-state index is 12.1. The van der Waals surface area contributed by atoms with Crippen molar-refractivity contribution in [3.05, 3.63) is 70.0 Å². The lowest BCUT2D eigenvalue weighted by Gasteiger charge is -2.06. The molecule has 1 amide bonds. The van der Waals surface area contributed by atoms with Gasteiger partial charge >= 0.3 is 0 Å². The molecule has 0 atom stereocenters. The summed E-state index contributed by atoms with van der Waals surface area (Å²) >= 11 is 14.9. The molecule has 1 N–H and O–H groups in total. The van der Waals surface area contributed by atoms with Gasteiger partial charge in [0.1, 0.15) is 5.82 Å². The van der Waals surface area contributed by atoms with Crippen molar-refractivity contribution in [1.82, 2.24) is 14.8 Å². The zero-order valence-corrected chi connectivity index (χ0v) is 18.2. The van der Waals surface area contributed by atoms with E-state index in [0.29, 0.717) is 15.9 Å². The summed E-state index contributed by atoms with van der Waals surface area (Å²) in [7, 11) is 1.91. The number of carbonyl (C=O) groups excluding carboxylic acids is 1. The van der Waals surface area contributed by atoms with Gasteiger partial charge < -0.3 is 9.88 Å². The quantitative estimate of drug-likeness (QED) is 0.470. The van der Waals surface area contributed by atoms with Gasteiger partial charge in [0, 0.05) is 28.5 Å². The van der Waals surface area contributed by atoms with Gasteiger partial charge in [0.15, 0.2) is 5.16 Å².